The van der Waals surface area contributed by atoms with E-state index in [1.54, 1.807) is 0 Å². The Kier molecular flexibility index (Phi) is 9.96. The highest BCUT2D eigenvalue weighted by Gasteiger charge is 2.26. The number of amides is 2. The summed E-state index contributed by atoms with van der Waals surface area (Å²) in [7, 11) is 0. The monoisotopic (exact) mass is 519 g/mol. The van der Waals surface area contributed by atoms with Gasteiger partial charge in [0.05, 0.1) is 23.5 Å². The van der Waals surface area contributed by atoms with E-state index in [0.29, 0.717) is 31.2 Å². The zero-order chi connectivity index (χ0) is 26.2. The Morgan fingerprint density at radius 2 is 1.83 bits per heavy atom. The molecule has 1 fully saturated rings. The predicted octanol–water partition coefficient (Wildman–Crippen LogP) is 6.73. The minimum Gasteiger partial charge on any atom is -0.481 e. The van der Waals surface area contributed by atoms with Crippen LogP contribution in [-0.2, 0) is 9.53 Å². The topological polar surface area (TPSA) is 90.9 Å². The first-order valence-electron chi connectivity index (χ1n) is 12.4. The van der Waals surface area contributed by atoms with E-state index in [0.717, 1.165) is 36.7 Å². The molecule has 3 N–H and O–H groups in total. The van der Waals surface area contributed by atoms with Crippen LogP contribution >= 0.6 is 11.6 Å². The van der Waals surface area contributed by atoms with Gasteiger partial charge in [0.25, 0.3) is 0 Å². The summed E-state index contributed by atoms with van der Waals surface area (Å²) in [4.78, 5) is 26.7. The summed E-state index contributed by atoms with van der Waals surface area (Å²) in [6.07, 6.45) is 2.37. The summed E-state index contributed by atoms with van der Waals surface area (Å²) >= 11 is 5.83. The number of benzene rings is 2. The SMILES string of the molecule is CCC(CC(=O)O)c1ccc(N(CC(C)C)C2CCOCC2)c(NC(=O)Nc2ccc(Cl)cc2F)c1. The highest BCUT2D eigenvalue weighted by atomic mass is 35.5. The number of carboxylic acid groups (broad SMARTS) is 1. The molecule has 7 nitrogen and oxygen atoms in total. The maximum Gasteiger partial charge on any atom is 0.323 e. The van der Waals surface area contributed by atoms with Gasteiger partial charge in [0.1, 0.15) is 5.82 Å². The predicted molar refractivity (Wildman–Crippen MR) is 142 cm³/mol. The standard InChI is InChI=1S/C27H35ClFN3O4/c1-4-18(14-26(33)34)19-5-8-25(32(16-17(2)3)21-9-11-36-12-10-21)24(13-19)31-27(35)30-23-7-6-20(28)15-22(23)29/h5-8,13,15,17-18,21H,4,9-12,14,16H2,1-3H3,(H,33,34)(H2,30,31,35). The average Bonchev–Trinajstić information content (AvgIpc) is 2.83. The largest absolute Gasteiger partial charge is 0.481 e. The van der Waals surface area contributed by atoms with Crippen LogP contribution in [0, 0.1) is 11.7 Å². The highest BCUT2D eigenvalue weighted by Crippen LogP contribution is 2.35. The molecular formula is C27H35ClFN3O4. The number of carbonyl (C=O) groups is 2. The van der Waals surface area contributed by atoms with Crippen LogP contribution in [0.1, 0.15) is 57.9 Å². The van der Waals surface area contributed by atoms with Crippen molar-refractivity contribution in [2.75, 3.05) is 35.3 Å². The molecule has 2 aromatic carbocycles. The zero-order valence-corrected chi connectivity index (χ0v) is 21.8. The van der Waals surface area contributed by atoms with Crippen LogP contribution in [-0.4, -0.2) is 42.9 Å². The molecule has 1 unspecified atom stereocenters. The molecular weight excluding hydrogens is 485 g/mol. The van der Waals surface area contributed by atoms with E-state index in [1.165, 1.54) is 12.1 Å². The van der Waals surface area contributed by atoms with Crippen molar-refractivity contribution < 1.29 is 23.8 Å². The fraction of sp³-hybridized carbons (Fsp3) is 0.481. The number of carboxylic acids is 1. The van der Waals surface area contributed by atoms with E-state index in [4.69, 9.17) is 16.3 Å². The minimum atomic E-state index is -0.875. The molecule has 1 aliphatic heterocycles. The van der Waals surface area contributed by atoms with E-state index in [1.807, 2.05) is 25.1 Å². The number of urea groups is 1. The van der Waals surface area contributed by atoms with Crippen molar-refractivity contribution in [2.24, 2.45) is 5.92 Å². The lowest BCUT2D eigenvalue weighted by atomic mass is 9.92. The summed E-state index contributed by atoms with van der Waals surface area (Å²) in [5, 5.41) is 15.0. The third-order valence-corrected chi connectivity index (χ3v) is 6.57. The first-order chi connectivity index (χ1) is 17.2. The van der Waals surface area contributed by atoms with Crippen LogP contribution < -0.4 is 15.5 Å². The molecule has 0 bridgehead atoms. The molecule has 0 saturated carbocycles. The van der Waals surface area contributed by atoms with E-state index in [2.05, 4.69) is 29.4 Å². The second-order valence-corrected chi connectivity index (χ2v) is 10.0. The lowest BCUT2D eigenvalue weighted by Gasteiger charge is -2.38. The molecule has 1 atom stereocenters. The van der Waals surface area contributed by atoms with E-state index in [9.17, 15) is 19.1 Å². The van der Waals surface area contributed by atoms with Gasteiger partial charge in [-0.15, -0.1) is 0 Å². The summed E-state index contributed by atoms with van der Waals surface area (Å²) in [5.74, 6) is -1.34. The van der Waals surface area contributed by atoms with Crippen LogP contribution in [0.3, 0.4) is 0 Å². The fourth-order valence-corrected chi connectivity index (χ4v) is 4.73. The summed E-state index contributed by atoms with van der Waals surface area (Å²) < 4.78 is 19.8. The number of hydrogen-bond donors (Lipinski definition) is 3. The van der Waals surface area contributed by atoms with Crippen molar-refractivity contribution in [3.05, 3.63) is 52.8 Å². The molecule has 0 aromatic heterocycles. The van der Waals surface area contributed by atoms with Crippen LogP contribution in [0.15, 0.2) is 36.4 Å². The van der Waals surface area contributed by atoms with Gasteiger partial charge in [-0.05, 0) is 67.0 Å². The number of aliphatic carboxylic acids is 1. The molecule has 2 aromatic rings. The third-order valence-electron chi connectivity index (χ3n) is 6.34. The van der Waals surface area contributed by atoms with Crippen molar-refractivity contribution in [3.8, 4) is 0 Å². The number of hydrogen-bond acceptors (Lipinski definition) is 4. The quantitative estimate of drug-likeness (QED) is 0.323. The smallest absolute Gasteiger partial charge is 0.323 e. The average molecular weight is 520 g/mol. The van der Waals surface area contributed by atoms with Gasteiger partial charge >= 0.3 is 12.0 Å². The second kappa shape index (κ2) is 12.9. The maximum absolute atomic E-state index is 14.3. The first-order valence-corrected chi connectivity index (χ1v) is 12.8. The van der Waals surface area contributed by atoms with Gasteiger partial charge in [0.2, 0.25) is 0 Å². The van der Waals surface area contributed by atoms with Gasteiger partial charge in [-0.2, -0.15) is 0 Å². The molecule has 0 radical (unpaired) electrons. The third kappa shape index (κ3) is 7.58. The number of nitrogens with zero attached hydrogens (tertiary/aromatic N) is 1. The molecule has 196 valence electrons. The van der Waals surface area contributed by atoms with Gasteiger partial charge in [0, 0.05) is 30.8 Å². The Morgan fingerprint density at radius 3 is 2.44 bits per heavy atom. The van der Waals surface area contributed by atoms with Crippen molar-refractivity contribution in [1.82, 2.24) is 0 Å². The number of rotatable bonds is 10. The van der Waals surface area contributed by atoms with Crippen LogP contribution in [0.4, 0.5) is 26.2 Å². The van der Waals surface area contributed by atoms with E-state index >= 15 is 0 Å². The van der Waals surface area contributed by atoms with Crippen molar-refractivity contribution in [1.29, 1.82) is 0 Å². The highest BCUT2D eigenvalue weighted by molar-refractivity contribution is 6.30. The van der Waals surface area contributed by atoms with Crippen LogP contribution in [0.2, 0.25) is 5.02 Å². The van der Waals surface area contributed by atoms with Gasteiger partial charge in [0.15, 0.2) is 0 Å². The lowest BCUT2D eigenvalue weighted by Crippen LogP contribution is -2.42. The van der Waals surface area contributed by atoms with Gasteiger partial charge in [-0.25, -0.2) is 9.18 Å². The van der Waals surface area contributed by atoms with Gasteiger partial charge < -0.3 is 25.4 Å². The van der Waals surface area contributed by atoms with E-state index < -0.39 is 17.8 Å². The Bertz CT molecular complexity index is 1060. The van der Waals surface area contributed by atoms with Crippen molar-refractivity contribution in [2.45, 2.75) is 58.4 Å². The Morgan fingerprint density at radius 1 is 1.14 bits per heavy atom. The molecule has 3 rings (SSSR count). The normalized spacial score (nSPS) is 14.9. The van der Waals surface area contributed by atoms with Gasteiger partial charge in [-0.1, -0.05) is 38.4 Å². The summed E-state index contributed by atoms with van der Waals surface area (Å²) in [6, 6.07) is 9.42. The van der Waals surface area contributed by atoms with Crippen LogP contribution in [0.5, 0.6) is 0 Å². The second-order valence-electron chi connectivity index (χ2n) is 9.57. The molecule has 2 amide bonds. The zero-order valence-electron chi connectivity index (χ0n) is 21.0. The fourth-order valence-electron chi connectivity index (χ4n) is 4.57. The number of ether oxygens (including phenoxy) is 1. The minimum absolute atomic E-state index is 0.00680. The molecule has 0 spiro atoms. The van der Waals surface area contributed by atoms with E-state index in [-0.39, 0.29) is 29.1 Å². The molecule has 1 saturated heterocycles. The summed E-state index contributed by atoms with van der Waals surface area (Å²) in [5.41, 5.74) is 2.23. The molecule has 1 heterocycles. The number of anilines is 3. The Balaban J connectivity index is 1.97. The lowest BCUT2D eigenvalue weighted by molar-refractivity contribution is -0.137. The number of nitrogens with one attached hydrogen (secondary N) is 2. The number of halogens is 2. The van der Waals surface area contributed by atoms with Gasteiger partial charge in [-0.3, -0.25) is 4.79 Å². The molecule has 9 heteroatoms. The molecule has 1 aliphatic rings. The van der Waals surface area contributed by atoms with Crippen molar-refractivity contribution >= 4 is 40.7 Å². The Hall–Kier alpha value is -2.84. The van der Waals surface area contributed by atoms with Crippen LogP contribution in [0.25, 0.3) is 0 Å². The Labute approximate surface area is 217 Å². The first kappa shape index (κ1) is 27.7. The summed E-state index contributed by atoms with van der Waals surface area (Å²) in [6.45, 7) is 8.35. The number of carbonyl (C=O) groups excluding carboxylic acids is 1. The molecule has 0 aliphatic carbocycles. The molecule has 36 heavy (non-hydrogen) atoms. The van der Waals surface area contributed by atoms with Crippen molar-refractivity contribution in [3.63, 3.8) is 0 Å². The maximum atomic E-state index is 14.3.